The zero-order valence-corrected chi connectivity index (χ0v) is 14.2. The summed E-state index contributed by atoms with van der Waals surface area (Å²) < 4.78 is 5.86. The van der Waals surface area contributed by atoms with Gasteiger partial charge in [0.1, 0.15) is 6.10 Å². The summed E-state index contributed by atoms with van der Waals surface area (Å²) in [7, 11) is 0. The molecule has 2 atom stereocenters. The molecule has 24 heavy (non-hydrogen) atoms. The van der Waals surface area contributed by atoms with Gasteiger partial charge in [-0.1, -0.05) is 0 Å². The first-order valence-corrected chi connectivity index (χ1v) is 8.33. The highest BCUT2D eigenvalue weighted by Gasteiger charge is 2.37. The van der Waals surface area contributed by atoms with Crippen LogP contribution in [0.3, 0.4) is 0 Å². The minimum Gasteiger partial charge on any atom is -0.471 e. The van der Waals surface area contributed by atoms with Gasteiger partial charge in [0.25, 0.3) is 0 Å². The van der Waals surface area contributed by atoms with Gasteiger partial charge in [0.15, 0.2) is 5.13 Å². The Balaban J connectivity index is 1.51. The SMILES string of the molecule is [C-]#[N+]c1ccc(O[C@H]2CN(Cc3cnc(NC(C)=O)s3)[C@@H]2C)nc1. The van der Waals surface area contributed by atoms with Gasteiger partial charge in [-0.05, 0) is 19.1 Å². The first-order valence-electron chi connectivity index (χ1n) is 7.51. The first kappa shape index (κ1) is 16.4. The van der Waals surface area contributed by atoms with Crippen LogP contribution >= 0.6 is 11.3 Å². The van der Waals surface area contributed by atoms with E-state index in [4.69, 9.17) is 11.3 Å². The lowest BCUT2D eigenvalue weighted by Gasteiger charge is -2.45. The third-order valence-corrected chi connectivity index (χ3v) is 4.74. The standard InChI is InChI=1S/C16H17N5O2S/c1-10-14(23-15-5-4-12(17-3)6-18-15)9-21(10)8-13-7-19-16(24-13)20-11(2)22/h4-7,10,14H,8-9H2,1-2H3,(H,19,20,22)/t10-,14+/m1/s1. The molecule has 1 aliphatic heterocycles. The maximum Gasteiger partial charge on any atom is 0.223 e. The van der Waals surface area contributed by atoms with Crippen molar-refractivity contribution in [1.29, 1.82) is 0 Å². The van der Waals surface area contributed by atoms with Gasteiger partial charge in [-0.25, -0.2) is 14.8 Å². The molecule has 3 rings (SSSR count). The Morgan fingerprint density at radius 1 is 1.50 bits per heavy atom. The number of rotatable bonds is 5. The fourth-order valence-electron chi connectivity index (χ4n) is 2.44. The van der Waals surface area contributed by atoms with Crippen molar-refractivity contribution in [2.45, 2.75) is 32.5 Å². The van der Waals surface area contributed by atoms with Crippen LogP contribution in [0.25, 0.3) is 4.85 Å². The largest absolute Gasteiger partial charge is 0.471 e. The maximum atomic E-state index is 11.0. The van der Waals surface area contributed by atoms with Crippen LogP contribution in [0.1, 0.15) is 18.7 Å². The molecular formula is C16H17N5O2S. The van der Waals surface area contributed by atoms with Crippen molar-refractivity contribution in [3.63, 3.8) is 0 Å². The summed E-state index contributed by atoms with van der Waals surface area (Å²) in [5.74, 6) is 0.433. The minimum absolute atomic E-state index is 0.0824. The number of hydrogen-bond acceptors (Lipinski definition) is 6. The van der Waals surface area contributed by atoms with Crippen molar-refractivity contribution < 1.29 is 9.53 Å². The molecule has 1 N–H and O–H groups in total. The van der Waals surface area contributed by atoms with E-state index >= 15 is 0 Å². The maximum absolute atomic E-state index is 11.0. The van der Waals surface area contributed by atoms with Crippen LogP contribution in [0.15, 0.2) is 24.5 Å². The molecule has 124 valence electrons. The van der Waals surface area contributed by atoms with E-state index in [0.29, 0.717) is 16.7 Å². The summed E-state index contributed by atoms with van der Waals surface area (Å²) in [4.78, 5) is 26.1. The number of nitrogens with zero attached hydrogens (tertiary/aromatic N) is 4. The number of anilines is 1. The summed E-state index contributed by atoms with van der Waals surface area (Å²) in [6.07, 6.45) is 3.39. The number of hydrogen-bond donors (Lipinski definition) is 1. The second-order valence-corrected chi connectivity index (χ2v) is 6.72. The zero-order valence-electron chi connectivity index (χ0n) is 13.4. The number of pyridine rings is 1. The summed E-state index contributed by atoms with van der Waals surface area (Å²) in [5.41, 5.74) is 0.505. The topological polar surface area (TPSA) is 71.7 Å². The van der Waals surface area contributed by atoms with E-state index in [1.807, 2.05) is 0 Å². The molecule has 0 bridgehead atoms. The van der Waals surface area contributed by atoms with Crippen molar-refractivity contribution in [3.8, 4) is 5.88 Å². The summed E-state index contributed by atoms with van der Waals surface area (Å²) in [5, 5.41) is 3.32. The quantitative estimate of drug-likeness (QED) is 0.845. The van der Waals surface area contributed by atoms with Crippen molar-refractivity contribution in [3.05, 3.63) is 40.8 Å². The average molecular weight is 343 g/mol. The molecule has 2 aromatic heterocycles. The molecule has 1 fully saturated rings. The van der Waals surface area contributed by atoms with Crippen LogP contribution in [0, 0.1) is 6.57 Å². The molecule has 0 unspecified atom stereocenters. The van der Waals surface area contributed by atoms with Crippen LogP contribution in [0.5, 0.6) is 5.88 Å². The Kier molecular flexibility index (Phi) is 4.74. The molecule has 7 nitrogen and oxygen atoms in total. The van der Waals surface area contributed by atoms with E-state index in [9.17, 15) is 4.79 Å². The fourth-order valence-corrected chi connectivity index (χ4v) is 3.33. The molecule has 0 radical (unpaired) electrons. The number of nitrogens with one attached hydrogen (secondary N) is 1. The Hall–Kier alpha value is -2.50. The Labute approximate surface area is 144 Å². The van der Waals surface area contributed by atoms with Gasteiger partial charge in [0, 0.05) is 43.3 Å². The highest BCUT2D eigenvalue weighted by molar-refractivity contribution is 7.15. The van der Waals surface area contributed by atoms with E-state index in [2.05, 4.69) is 32.0 Å². The predicted molar refractivity (Wildman–Crippen MR) is 91.2 cm³/mol. The van der Waals surface area contributed by atoms with Gasteiger partial charge in [-0.3, -0.25) is 9.69 Å². The van der Waals surface area contributed by atoms with Crippen molar-refractivity contribution in [1.82, 2.24) is 14.9 Å². The van der Waals surface area contributed by atoms with Crippen molar-refractivity contribution in [2.24, 2.45) is 0 Å². The summed E-state index contributed by atoms with van der Waals surface area (Å²) in [6, 6.07) is 3.70. The van der Waals surface area contributed by atoms with Crippen LogP contribution in [0.2, 0.25) is 0 Å². The lowest BCUT2D eigenvalue weighted by atomic mass is 10.0. The van der Waals surface area contributed by atoms with Crippen LogP contribution in [-0.2, 0) is 11.3 Å². The van der Waals surface area contributed by atoms with Gasteiger partial charge in [0.05, 0.1) is 6.57 Å². The molecule has 0 aliphatic carbocycles. The first-order chi connectivity index (χ1) is 11.5. The number of carbonyl (C=O) groups excluding carboxylic acids is 1. The smallest absolute Gasteiger partial charge is 0.223 e. The number of carbonyl (C=O) groups is 1. The molecule has 1 aliphatic rings. The van der Waals surface area contributed by atoms with E-state index in [0.717, 1.165) is 18.0 Å². The van der Waals surface area contributed by atoms with Crippen molar-refractivity contribution in [2.75, 3.05) is 11.9 Å². The van der Waals surface area contributed by atoms with Gasteiger partial charge in [-0.2, -0.15) is 0 Å². The second kappa shape index (κ2) is 6.95. The van der Waals surface area contributed by atoms with Crippen molar-refractivity contribution >= 4 is 28.1 Å². The molecule has 0 aromatic carbocycles. The van der Waals surface area contributed by atoms with Gasteiger partial charge >= 0.3 is 0 Å². The summed E-state index contributed by atoms with van der Waals surface area (Å²) >= 11 is 1.48. The van der Waals surface area contributed by atoms with Crippen LogP contribution in [0.4, 0.5) is 10.8 Å². The molecule has 1 amide bonds. The van der Waals surface area contributed by atoms with Crippen LogP contribution < -0.4 is 10.1 Å². The zero-order chi connectivity index (χ0) is 17.1. The lowest BCUT2D eigenvalue weighted by Crippen LogP contribution is -2.60. The Morgan fingerprint density at radius 2 is 2.33 bits per heavy atom. The second-order valence-electron chi connectivity index (χ2n) is 5.61. The Morgan fingerprint density at radius 3 is 2.96 bits per heavy atom. The highest BCUT2D eigenvalue weighted by Crippen LogP contribution is 2.28. The summed E-state index contributed by atoms with van der Waals surface area (Å²) in [6.45, 7) is 12.1. The lowest BCUT2D eigenvalue weighted by molar-refractivity contribution is -0.114. The van der Waals surface area contributed by atoms with Gasteiger partial charge in [0.2, 0.25) is 17.5 Å². The highest BCUT2D eigenvalue weighted by atomic mass is 32.1. The monoisotopic (exact) mass is 343 g/mol. The minimum atomic E-state index is -0.113. The van der Waals surface area contributed by atoms with Gasteiger partial charge in [-0.15, -0.1) is 11.3 Å². The molecule has 1 saturated heterocycles. The third kappa shape index (κ3) is 3.69. The number of likely N-dealkylation sites (tertiary alicyclic amines) is 1. The Bertz CT molecular complexity index is 768. The fraction of sp³-hybridized carbons (Fsp3) is 0.375. The number of ether oxygens (including phenoxy) is 1. The molecule has 0 saturated carbocycles. The number of aromatic nitrogens is 2. The molecular weight excluding hydrogens is 326 g/mol. The predicted octanol–water partition coefficient (Wildman–Crippen LogP) is 2.70. The van der Waals surface area contributed by atoms with E-state index < -0.39 is 0 Å². The molecule has 8 heteroatoms. The van der Waals surface area contributed by atoms with E-state index in [1.165, 1.54) is 24.5 Å². The molecule has 3 heterocycles. The number of thiazole rings is 1. The average Bonchev–Trinajstić information content (AvgIpc) is 3.00. The normalized spacial score (nSPS) is 20.0. The number of amides is 1. The van der Waals surface area contributed by atoms with Gasteiger partial charge < -0.3 is 10.1 Å². The molecule has 2 aromatic rings. The third-order valence-electron chi connectivity index (χ3n) is 3.85. The van der Waals surface area contributed by atoms with E-state index in [1.54, 1.807) is 18.3 Å². The van der Waals surface area contributed by atoms with Crippen LogP contribution in [-0.4, -0.2) is 39.5 Å². The van der Waals surface area contributed by atoms with E-state index in [-0.39, 0.29) is 18.1 Å². The molecule has 0 spiro atoms.